The van der Waals surface area contributed by atoms with Crippen LogP contribution in [0.4, 0.5) is 4.39 Å². The molecule has 0 saturated carbocycles. The van der Waals surface area contributed by atoms with Gasteiger partial charge in [0.2, 0.25) is 10.0 Å². The fourth-order valence-corrected chi connectivity index (χ4v) is 5.36. The first-order valence-electron chi connectivity index (χ1n) is 10.5. The third-order valence-electron chi connectivity index (χ3n) is 5.44. The average molecular weight is 461 g/mol. The number of rotatable bonds is 8. The van der Waals surface area contributed by atoms with Crippen LogP contribution in [0.15, 0.2) is 58.2 Å². The van der Waals surface area contributed by atoms with Crippen LogP contribution in [0.1, 0.15) is 25.3 Å². The van der Waals surface area contributed by atoms with E-state index in [0.717, 1.165) is 16.8 Å². The average Bonchev–Trinajstić information content (AvgIpc) is 3.27. The SMILES string of the molecule is CCOc1ccc2[nH]c(=O)c(CN(C[C@H]3CCCO3)S(=O)(=O)c3ccccc3F)cc2c1. The molecule has 1 aliphatic heterocycles. The van der Waals surface area contributed by atoms with Gasteiger partial charge in [-0.15, -0.1) is 0 Å². The maximum absolute atomic E-state index is 14.4. The Morgan fingerprint density at radius 3 is 2.75 bits per heavy atom. The molecule has 7 nitrogen and oxygen atoms in total. The Balaban J connectivity index is 1.73. The van der Waals surface area contributed by atoms with Crippen LogP contribution in [0.2, 0.25) is 0 Å². The van der Waals surface area contributed by atoms with Crippen LogP contribution in [0, 0.1) is 5.82 Å². The highest BCUT2D eigenvalue weighted by Gasteiger charge is 2.31. The van der Waals surface area contributed by atoms with Crippen molar-refractivity contribution in [1.82, 2.24) is 9.29 Å². The minimum absolute atomic E-state index is 0.0349. The minimum Gasteiger partial charge on any atom is -0.494 e. The van der Waals surface area contributed by atoms with Crippen LogP contribution < -0.4 is 10.3 Å². The van der Waals surface area contributed by atoms with Crippen LogP contribution in [0.3, 0.4) is 0 Å². The van der Waals surface area contributed by atoms with Gasteiger partial charge in [0.1, 0.15) is 16.5 Å². The second-order valence-electron chi connectivity index (χ2n) is 7.67. The molecule has 1 saturated heterocycles. The Kier molecular flexibility index (Phi) is 6.59. The summed E-state index contributed by atoms with van der Waals surface area (Å²) in [5, 5.41) is 0.714. The van der Waals surface area contributed by atoms with Gasteiger partial charge in [0.05, 0.1) is 12.7 Å². The molecular formula is C23H25FN2O5S. The molecule has 0 amide bonds. The molecule has 9 heteroatoms. The zero-order chi connectivity index (χ0) is 22.7. The quantitative estimate of drug-likeness (QED) is 0.556. The van der Waals surface area contributed by atoms with Gasteiger partial charge in [-0.1, -0.05) is 12.1 Å². The van der Waals surface area contributed by atoms with Gasteiger partial charge in [0, 0.05) is 36.2 Å². The lowest BCUT2D eigenvalue weighted by molar-refractivity contribution is 0.0925. The van der Waals surface area contributed by atoms with Crippen LogP contribution in [0.5, 0.6) is 5.75 Å². The van der Waals surface area contributed by atoms with Gasteiger partial charge in [-0.25, -0.2) is 12.8 Å². The van der Waals surface area contributed by atoms with Crippen molar-refractivity contribution in [3.05, 3.63) is 70.3 Å². The lowest BCUT2D eigenvalue weighted by Crippen LogP contribution is -2.38. The van der Waals surface area contributed by atoms with E-state index in [-0.39, 0.29) is 24.8 Å². The smallest absolute Gasteiger partial charge is 0.252 e. The summed E-state index contributed by atoms with van der Waals surface area (Å²) in [5.74, 6) is -0.188. The zero-order valence-electron chi connectivity index (χ0n) is 17.7. The largest absolute Gasteiger partial charge is 0.494 e. The van der Waals surface area contributed by atoms with Crippen molar-refractivity contribution in [3.63, 3.8) is 0 Å². The van der Waals surface area contributed by atoms with E-state index in [4.69, 9.17) is 9.47 Å². The number of hydrogen-bond donors (Lipinski definition) is 1. The predicted octanol–water partition coefficient (Wildman–Crippen LogP) is 3.44. The second-order valence-corrected chi connectivity index (χ2v) is 9.58. The molecule has 1 fully saturated rings. The first kappa shape index (κ1) is 22.4. The van der Waals surface area contributed by atoms with Crippen molar-refractivity contribution >= 4 is 20.9 Å². The topological polar surface area (TPSA) is 88.7 Å². The lowest BCUT2D eigenvalue weighted by Gasteiger charge is -2.25. The summed E-state index contributed by atoms with van der Waals surface area (Å²) in [5.41, 5.74) is 0.469. The molecule has 0 aliphatic carbocycles. The number of fused-ring (bicyclic) bond motifs is 1. The van der Waals surface area contributed by atoms with E-state index in [1.54, 1.807) is 24.3 Å². The number of ether oxygens (including phenoxy) is 2. The number of benzene rings is 2. The molecule has 0 radical (unpaired) electrons. The molecule has 1 N–H and O–H groups in total. The van der Waals surface area contributed by atoms with Crippen molar-refractivity contribution in [2.45, 2.75) is 37.3 Å². The number of nitrogens with one attached hydrogen (secondary N) is 1. The lowest BCUT2D eigenvalue weighted by atomic mass is 10.1. The van der Waals surface area contributed by atoms with Gasteiger partial charge in [-0.3, -0.25) is 4.79 Å². The van der Waals surface area contributed by atoms with Crippen LogP contribution in [-0.4, -0.2) is 43.6 Å². The summed E-state index contributed by atoms with van der Waals surface area (Å²) in [6.45, 7) is 2.75. The van der Waals surface area contributed by atoms with Gasteiger partial charge in [-0.05, 0) is 56.2 Å². The third-order valence-corrected chi connectivity index (χ3v) is 7.28. The van der Waals surface area contributed by atoms with E-state index >= 15 is 0 Å². The molecule has 1 atom stereocenters. The highest BCUT2D eigenvalue weighted by molar-refractivity contribution is 7.89. The van der Waals surface area contributed by atoms with Crippen molar-refractivity contribution < 1.29 is 22.3 Å². The zero-order valence-corrected chi connectivity index (χ0v) is 18.5. The Labute approximate surface area is 185 Å². The summed E-state index contributed by atoms with van der Waals surface area (Å²) in [7, 11) is -4.20. The molecule has 1 aromatic heterocycles. The van der Waals surface area contributed by atoms with Crippen molar-refractivity contribution in [2.75, 3.05) is 19.8 Å². The van der Waals surface area contributed by atoms with Gasteiger partial charge in [0.25, 0.3) is 5.56 Å². The molecule has 0 spiro atoms. The number of nitrogens with zero attached hydrogens (tertiary/aromatic N) is 1. The number of sulfonamides is 1. The Hall–Kier alpha value is -2.75. The molecule has 32 heavy (non-hydrogen) atoms. The first-order valence-corrected chi connectivity index (χ1v) is 12.0. The van der Waals surface area contributed by atoms with E-state index < -0.39 is 26.3 Å². The van der Waals surface area contributed by atoms with Gasteiger partial charge < -0.3 is 14.5 Å². The maximum Gasteiger partial charge on any atom is 0.252 e. The molecule has 2 heterocycles. The molecule has 1 aliphatic rings. The van der Waals surface area contributed by atoms with Crippen LogP contribution in [-0.2, 0) is 21.3 Å². The standard InChI is InChI=1S/C23H25FN2O5S/c1-2-30-18-9-10-21-16(13-18)12-17(23(27)25-21)14-26(15-19-6-5-11-31-19)32(28,29)22-8-4-3-7-20(22)24/h3-4,7-10,12-13,19H,2,5-6,11,14-15H2,1H3,(H,25,27)/t19-/m1/s1. The van der Waals surface area contributed by atoms with Gasteiger partial charge >= 0.3 is 0 Å². The van der Waals surface area contributed by atoms with E-state index in [1.165, 1.54) is 18.2 Å². The summed E-state index contributed by atoms with van der Waals surface area (Å²) >= 11 is 0. The third kappa shape index (κ3) is 4.69. The molecule has 0 unspecified atom stereocenters. The number of aromatic amines is 1. The van der Waals surface area contributed by atoms with Crippen molar-refractivity contribution in [1.29, 1.82) is 0 Å². The van der Waals surface area contributed by atoms with Crippen LogP contribution >= 0.6 is 0 Å². The number of halogens is 1. The summed E-state index contributed by atoms with van der Waals surface area (Å²) in [6.07, 6.45) is 1.23. The summed E-state index contributed by atoms with van der Waals surface area (Å²) in [6, 6.07) is 12.2. The molecule has 4 rings (SSSR count). The number of aromatic nitrogens is 1. The molecular weight excluding hydrogens is 435 g/mol. The number of pyridine rings is 1. The minimum atomic E-state index is -4.20. The highest BCUT2D eigenvalue weighted by atomic mass is 32.2. The normalized spacial score (nSPS) is 16.7. The van der Waals surface area contributed by atoms with Gasteiger partial charge in [-0.2, -0.15) is 4.31 Å². The van der Waals surface area contributed by atoms with E-state index in [0.29, 0.717) is 36.3 Å². The van der Waals surface area contributed by atoms with E-state index in [9.17, 15) is 17.6 Å². The maximum atomic E-state index is 14.4. The van der Waals surface area contributed by atoms with E-state index in [2.05, 4.69) is 4.98 Å². The summed E-state index contributed by atoms with van der Waals surface area (Å²) in [4.78, 5) is 15.1. The summed E-state index contributed by atoms with van der Waals surface area (Å²) < 4.78 is 53.4. The number of H-pyrrole nitrogens is 1. The Bertz CT molecular complexity index is 1270. The highest BCUT2D eigenvalue weighted by Crippen LogP contribution is 2.25. The predicted molar refractivity (Wildman–Crippen MR) is 119 cm³/mol. The second kappa shape index (κ2) is 9.40. The van der Waals surface area contributed by atoms with Gasteiger partial charge in [0.15, 0.2) is 0 Å². The molecule has 2 aromatic carbocycles. The van der Waals surface area contributed by atoms with Crippen molar-refractivity contribution in [3.8, 4) is 5.75 Å². The molecule has 3 aromatic rings. The van der Waals surface area contributed by atoms with E-state index in [1.807, 2.05) is 6.92 Å². The number of hydrogen-bond acceptors (Lipinski definition) is 5. The molecule has 0 bridgehead atoms. The fraction of sp³-hybridized carbons (Fsp3) is 0.348. The molecule has 170 valence electrons. The van der Waals surface area contributed by atoms with Crippen LogP contribution in [0.25, 0.3) is 10.9 Å². The first-order chi connectivity index (χ1) is 15.4. The van der Waals surface area contributed by atoms with Crippen molar-refractivity contribution in [2.24, 2.45) is 0 Å². The monoisotopic (exact) mass is 460 g/mol. The fourth-order valence-electron chi connectivity index (χ4n) is 3.85. The Morgan fingerprint density at radius 1 is 1.22 bits per heavy atom. The Morgan fingerprint density at radius 2 is 2.03 bits per heavy atom.